The SMILES string of the molecule is O=[N+]([O-])c1ccc(NC(=S)NN/C(=N/c2ccccn2)c2ccccn2)cc1. The highest BCUT2D eigenvalue weighted by Crippen LogP contribution is 2.15. The molecule has 0 bridgehead atoms. The molecule has 3 N–H and O–H groups in total. The average Bonchev–Trinajstić information content (AvgIpc) is 2.73. The van der Waals surface area contributed by atoms with Gasteiger partial charge in [-0.15, -0.1) is 0 Å². The fourth-order valence-corrected chi connectivity index (χ4v) is 2.30. The largest absolute Gasteiger partial charge is 0.331 e. The zero-order chi connectivity index (χ0) is 19.8. The Labute approximate surface area is 165 Å². The van der Waals surface area contributed by atoms with E-state index in [4.69, 9.17) is 12.2 Å². The van der Waals surface area contributed by atoms with E-state index in [1.165, 1.54) is 12.1 Å². The summed E-state index contributed by atoms with van der Waals surface area (Å²) in [6.45, 7) is 0. The van der Waals surface area contributed by atoms with Crippen molar-refractivity contribution in [3.8, 4) is 0 Å². The Morgan fingerprint density at radius 3 is 2.29 bits per heavy atom. The van der Waals surface area contributed by atoms with Gasteiger partial charge in [-0.1, -0.05) is 12.1 Å². The van der Waals surface area contributed by atoms with E-state index in [0.29, 0.717) is 23.0 Å². The van der Waals surface area contributed by atoms with Crippen LogP contribution in [-0.4, -0.2) is 25.8 Å². The molecule has 0 spiro atoms. The number of hydrazine groups is 1. The van der Waals surface area contributed by atoms with Crippen molar-refractivity contribution >= 4 is 40.4 Å². The summed E-state index contributed by atoms with van der Waals surface area (Å²) in [5.41, 5.74) is 6.95. The molecule has 0 fully saturated rings. The predicted octanol–water partition coefficient (Wildman–Crippen LogP) is 2.95. The molecule has 2 aromatic heterocycles. The Bertz CT molecular complexity index is 980. The number of aromatic nitrogens is 2. The molecule has 0 aliphatic heterocycles. The molecule has 9 nitrogen and oxygen atoms in total. The van der Waals surface area contributed by atoms with Gasteiger partial charge in [0, 0.05) is 30.2 Å². The minimum absolute atomic E-state index is 0.00230. The number of hydrogen-bond acceptors (Lipinski definition) is 6. The summed E-state index contributed by atoms with van der Waals surface area (Å²) < 4.78 is 0. The first-order valence-corrected chi connectivity index (χ1v) is 8.51. The molecule has 3 rings (SSSR count). The van der Waals surface area contributed by atoms with Crippen LogP contribution >= 0.6 is 12.2 Å². The van der Waals surface area contributed by atoms with E-state index in [2.05, 4.69) is 31.1 Å². The summed E-state index contributed by atoms with van der Waals surface area (Å²) in [7, 11) is 0. The summed E-state index contributed by atoms with van der Waals surface area (Å²) in [5, 5.41) is 13.9. The summed E-state index contributed by atoms with van der Waals surface area (Å²) >= 11 is 5.24. The zero-order valence-electron chi connectivity index (χ0n) is 14.4. The van der Waals surface area contributed by atoms with Crippen molar-refractivity contribution in [2.24, 2.45) is 4.99 Å². The van der Waals surface area contributed by atoms with E-state index >= 15 is 0 Å². The van der Waals surface area contributed by atoms with Crippen molar-refractivity contribution in [1.29, 1.82) is 0 Å². The van der Waals surface area contributed by atoms with Crippen molar-refractivity contribution in [3.05, 3.63) is 88.9 Å². The molecule has 1 aromatic carbocycles. The molecule has 0 atom stereocenters. The lowest BCUT2D eigenvalue weighted by Gasteiger charge is -2.14. The second-order valence-corrected chi connectivity index (χ2v) is 5.78. The van der Waals surface area contributed by atoms with Crippen molar-refractivity contribution in [3.63, 3.8) is 0 Å². The zero-order valence-corrected chi connectivity index (χ0v) is 15.3. The molecule has 0 aliphatic rings. The number of anilines is 1. The van der Waals surface area contributed by atoms with Crippen molar-refractivity contribution in [1.82, 2.24) is 20.8 Å². The maximum Gasteiger partial charge on any atom is 0.269 e. The molecule has 2 heterocycles. The number of nitrogens with zero attached hydrogens (tertiary/aromatic N) is 4. The van der Waals surface area contributed by atoms with E-state index in [1.54, 1.807) is 48.8 Å². The monoisotopic (exact) mass is 393 g/mol. The minimum atomic E-state index is -0.463. The molecular weight excluding hydrogens is 378 g/mol. The lowest BCUT2D eigenvalue weighted by molar-refractivity contribution is -0.384. The van der Waals surface area contributed by atoms with Gasteiger partial charge in [0.1, 0.15) is 5.69 Å². The van der Waals surface area contributed by atoms with Crippen molar-refractivity contribution < 1.29 is 4.92 Å². The third-order valence-corrected chi connectivity index (χ3v) is 3.62. The van der Waals surface area contributed by atoms with Gasteiger partial charge in [0.25, 0.3) is 5.69 Å². The van der Waals surface area contributed by atoms with Crippen molar-refractivity contribution in [2.75, 3.05) is 5.32 Å². The summed E-state index contributed by atoms with van der Waals surface area (Å²) in [6, 6.07) is 16.7. The van der Waals surface area contributed by atoms with Crippen LogP contribution < -0.4 is 16.2 Å². The standard InChI is InChI=1S/C18H15N7O2S/c26-25(27)14-9-7-13(8-10-14)21-18(28)24-23-17(15-5-1-3-11-19-15)22-16-6-2-4-12-20-16/h1-12H,(H,20,22,23)(H2,21,24,28). The third-order valence-electron chi connectivity index (χ3n) is 3.41. The number of aliphatic imine (C=N–C) groups is 1. The number of hydrogen-bond donors (Lipinski definition) is 3. The molecule has 0 unspecified atom stereocenters. The summed E-state index contributed by atoms with van der Waals surface area (Å²) in [4.78, 5) is 23.1. The molecule has 3 aromatic rings. The van der Waals surface area contributed by atoms with Gasteiger partial charge in [-0.3, -0.25) is 25.9 Å². The van der Waals surface area contributed by atoms with Gasteiger partial charge < -0.3 is 5.32 Å². The number of non-ortho nitro benzene ring substituents is 1. The molecule has 0 radical (unpaired) electrons. The van der Waals surface area contributed by atoms with Crippen LogP contribution in [0.2, 0.25) is 0 Å². The van der Waals surface area contributed by atoms with Gasteiger partial charge >= 0.3 is 0 Å². The van der Waals surface area contributed by atoms with Crippen LogP contribution in [0.15, 0.2) is 78.0 Å². The molecule has 0 amide bonds. The second kappa shape index (κ2) is 9.14. The number of nitrogens with one attached hydrogen (secondary N) is 3. The van der Waals surface area contributed by atoms with Crippen LogP contribution in [0.25, 0.3) is 0 Å². The molecule has 0 saturated carbocycles. The third kappa shape index (κ3) is 5.29. The van der Waals surface area contributed by atoms with Crippen LogP contribution in [0.1, 0.15) is 5.69 Å². The van der Waals surface area contributed by atoms with Gasteiger partial charge in [0.15, 0.2) is 16.8 Å². The molecule has 0 aliphatic carbocycles. The predicted molar refractivity (Wildman–Crippen MR) is 110 cm³/mol. The van der Waals surface area contributed by atoms with E-state index in [0.717, 1.165) is 0 Å². The molecule has 10 heteroatoms. The number of pyridine rings is 2. The Kier molecular flexibility index (Phi) is 6.16. The lowest BCUT2D eigenvalue weighted by atomic mass is 10.3. The van der Waals surface area contributed by atoms with Gasteiger partial charge in [-0.05, 0) is 48.6 Å². The van der Waals surface area contributed by atoms with Gasteiger partial charge in [0.2, 0.25) is 0 Å². The number of nitro groups is 1. The fraction of sp³-hybridized carbons (Fsp3) is 0. The maximum atomic E-state index is 10.7. The number of nitro benzene ring substituents is 1. The molecule has 28 heavy (non-hydrogen) atoms. The smallest absolute Gasteiger partial charge is 0.269 e. The Morgan fingerprint density at radius 1 is 0.964 bits per heavy atom. The van der Waals surface area contributed by atoms with E-state index < -0.39 is 4.92 Å². The van der Waals surface area contributed by atoms with Crippen LogP contribution in [0, 0.1) is 10.1 Å². The Morgan fingerprint density at radius 2 is 1.68 bits per heavy atom. The molecular formula is C18H15N7O2S. The normalized spacial score (nSPS) is 10.8. The highest BCUT2D eigenvalue weighted by Gasteiger charge is 2.08. The van der Waals surface area contributed by atoms with E-state index in [1.807, 2.05) is 12.1 Å². The van der Waals surface area contributed by atoms with Crippen LogP contribution in [-0.2, 0) is 0 Å². The maximum absolute atomic E-state index is 10.7. The van der Waals surface area contributed by atoms with Gasteiger partial charge in [0.05, 0.1) is 4.92 Å². The first kappa shape index (κ1) is 18.9. The first-order chi connectivity index (χ1) is 13.6. The summed E-state index contributed by atoms with van der Waals surface area (Å²) in [6.07, 6.45) is 3.29. The number of amidine groups is 1. The molecule has 140 valence electrons. The van der Waals surface area contributed by atoms with Gasteiger partial charge in [-0.25, -0.2) is 9.98 Å². The van der Waals surface area contributed by atoms with Crippen LogP contribution in [0.4, 0.5) is 17.2 Å². The van der Waals surface area contributed by atoms with Crippen LogP contribution in [0.3, 0.4) is 0 Å². The number of rotatable bonds is 4. The minimum Gasteiger partial charge on any atom is -0.331 e. The quantitative estimate of drug-likeness (QED) is 0.204. The van der Waals surface area contributed by atoms with Crippen LogP contribution in [0.5, 0.6) is 0 Å². The second-order valence-electron chi connectivity index (χ2n) is 5.37. The van der Waals surface area contributed by atoms with E-state index in [9.17, 15) is 10.1 Å². The number of benzene rings is 1. The molecule has 0 saturated heterocycles. The van der Waals surface area contributed by atoms with Crippen molar-refractivity contribution in [2.45, 2.75) is 0 Å². The number of thiocarbonyl (C=S) groups is 1. The Hall–Kier alpha value is -3.92. The Balaban J connectivity index is 1.68. The fourth-order valence-electron chi connectivity index (χ4n) is 2.13. The van der Waals surface area contributed by atoms with Gasteiger partial charge in [-0.2, -0.15) is 0 Å². The summed E-state index contributed by atoms with van der Waals surface area (Å²) in [5.74, 6) is 0.929. The first-order valence-electron chi connectivity index (χ1n) is 8.10. The lowest BCUT2D eigenvalue weighted by Crippen LogP contribution is -2.44. The highest BCUT2D eigenvalue weighted by molar-refractivity contribution is 7.80. The van der Waals surface area contributed by atoms with E-state index in [-0.39, 0.29) is 10.8 Å². The topological polar surface area (TPSA) is 117 Å². The average molecular weight is 393 g/mol. The highest BCUT2D eigenvalue weighted by atomic mass is 32.1.